The van der Waals surface area contributed by atoms with Crippen LogP contribution in [0.5, 0.6) is 0 Å². The summed E-state index contributed by atoms with van der Waals surface area (Å²) >= 11 is 0. The van der Waals surface area contributed by atoms with E-state index in [2.05, 4.69) is 4.99 Å². The summed E-state index contributed by atoms with van der Waals surface area (Å²) in [5.41, 5.74) is 5.04. The second kappa shape index (κ2) is 1.98. The number of carbonyl (C=O) groups is 2. The Morgan fingerprint density at radius 3 is 2.60 bits per heavy atom. The molecule has 1 aliphatic heterocycles. The summed E-state index contributed by atoms with van der Waals surface area (Å²) in [6.45, 7) is -0.263. The number of nitrogens with zero attached hydrogens (tertiary/aromatic N) is 2. The predicted octanol–water partition coefficient (Wildman–Crippen LogP) is -1.18. The van der Waals surface area contributed by atoms with Crippen molar-refractivity contribution in [3.8, 4) is 0 Å². The molecule has 0 aromatic heterocycles. The number of guanidine groups is 1. The number of carboxylic acid groups (broad SMARTS) is 1. The molecule has 54 valence electrons. The fraction of sp³-hybridized carbons (Fsp3) is 0.250. The molecule has 1 aliphatic rings. The Bertz CT molecular complexity index is 222. The third-order valence-electron chi connectivity index (χ3n) is 1.04. The van der Waals surface area contributed by atoms with Crippen LogP contribution in [0, 0.1) is 0 Å². The van der Waals surface area contributed by atoms with Crippen molar-refractivity contribution in [1.29, 1.82) is 0 Å². The zero-order valence-electron chi connectivity index (χ0n) is 4.94. The molecule has 1 rings (SSSR count). The van der Waals surface area contributed by atoms with Gasteiger partial charge in [-0.05, 0) is 0 Å². The SMILES string of the molecule is NC1=NC(=O)CN1C(=O)O. The van der Waals surface area contributed by atoms with Gasteiger partial charge in [0, 0.05) is 0 Å². The maximum absolute atomic E-state index is 10.4. The molecule has 0 atom stereocenters. The van der Waals surface area contributed by atoms with Crippen molar-refractivity contribution in [2.75, 3.05) is 6.54 Å². The average molecular weight is 143 g/mol. The van der Waals surface area contributed by atoms with E-state index in [0.29, 0.717) is 4.90 Å². The molecular weight excluding hydrogens is 138 g/mol. The van der Waals surface area contributed by atoms with Gasteiger partial charge in [-0.15, -0.1) is 0 Å². The van der Waals surface area contributed by atoms with Crippen LogP contribution in [-0.2, 0) is 4.79 Å². The number of rotatable bonds is 0. The van der Waals surface area contributed by atoms with E-state index in [1.807, 2.05) is 0 Å². The van der Waals surface area contributed by atoms with E-state index < -0.39 is 12.0 Å². The summed E-state index contributed by atoms with van der Waals surface area (Å²) in [4.78, 5) is 24.4. The third-order valence-corrected chi connectivity index (χ3v) is 1.04. The Balaban J connectivity index is 2.78. The normalized spacial score (nSPS) is 17.4. The van der Waals surface area contributed by atoms with Crippen molar-refractivity contribution in [3.05, 3.63) is 0 Å². The largest absolute Gasteiger partial charge is 0.465 e. The van der Waals surface area contributed by atoms with Crippen molar-refractivity contribution < 1.29 is 14.7 Å². The Kier molecular flexibility index (Phi) is 1.29. The fourth-order valence-corrected chi connectivity index (χ4v) is 0.605. The van der Waals surface area contributed by atoms with Gasteiger partial charge in [0.2, 0.25) is 5.96 Å². The van der Waals surface area contributed by atoms with Gasteiger partial charge >= 0.3 is 6.09 Å². The first-order valence-corrected chi connectivity index (χ1v) is 2.48. The van der Waals surface area contributed by atoms with Crippen LogP contribution in [0.15, 0.2) is 4.99 Å². The molecule has 3 N–H and O–H groups in total. The van der Waals surface area contributed by atoms with Gasteiger partial charge in [0.15, 0.2) is 0 Å². The van der Waals surface area contributed by atoms with Crippen LogP contribution in [0.2, 0.25) is 0 Å². The Labute approximate surface area is 55.9 Å². The minimum absolute atomic E-state index is 0.252. The van der Waals surface area contributed by atoms with Gasteiger partial charge in [-0.25, -0.2) is 9.69 Å². The highest BCUT2D eigenvalue weighted by atomic mass is 16.4. The second-order valence-electron chi connectivity index (χ2n) is 1.73. The second-order valence-corrected chi connectivity index (χ2v) is 1.73. The molecule has 6 heteroatoms. The minimum Gasteiger partial charge on any atom is -0.465 e. The first-order valence-electron chi connectivity index (χ1n) is 2.48. The van der Waals surface area contributed by atoms with E-state index in [9.17, 15) is 9.59 Å². The molecule has 0 bridgehead atoms. The summed E-state index contributed by atoms with van der Waals surface area (Å²) in [7, 11) is 0. The van der Waals surface area contributed by atoms with Crippen molar-refractivity contribution in [2.24, 2.45) is 10.7 Å². The standard InChI is InChI=1S/C4H5N3O3/c5-3-6-2(8)1-7(3)4(9)10/h1H2,(H,9,10)(H2,5,6,8). The quantitative estimate of drug-likeness (QED) is 0.446. The van der Waals surface area contributed by atoms with Gasteiger partial charge in [0.25, 0.3) is 5.91 Å². The van der Waals surface area contributed by atoms with Gasteiger partial charge < -0.3 is 10.8 Å². The Hall–Kier alpha value is -1.59. The molecule has 0 aliphatic carbocycles. The van der Waals surface area contributed by atoms with Crippen LogP contribution in [0.1, 0.15) is 0 Å². The molecule has 0 saturated carbocycles. The molecule has 0 saturated heterocycles. The number of aliphatic imine (C=N–C) groups is 1. The monoisotopic (exact) mass is 143 g/mol. The van der Waals surface area contributed by atoms with Crippen molar-refractivity contribution in [2.45, 2.75) is 0 Å². The van der Waals surface area contributed by atoms with Crippen LogP contribution in [0.4, 0.5) is 4.79 Å². The number of hydrogen-bond donors (Lipinski definition) is 2. The van der Waals surface area contributed by atoms with E-state index in [1.54, 1.807) is 0 Å². The van der Waals surface area contributed by atoms with Crippen molar-refractivity contribution in [3.63, 3.8) is 0 Å². The summed E-state index contributed by atoms with van der Waals surface area (Å²) in [5, 5.41) is 8.31. The summed E-state index contributed by atoms with van der Waals surface area (Å²) in [6.07, 6.45) is -1.26. The molecule has 0 radical (unpaired) electrons. The number of nitrogens with two attached hydrogens (primary N) is 1. The maximum atomic E-state index is 10.4. The smallest absolute Gasteiger partial charge is 0.414 e. The number of hydrogen-bond acceptors (Lipinski definition) is 3. The fourth-order valence-electron chi connectivity index (χ4n) is 0.605. The molecule has 0 aromatic carbocycles. The van der Waals surface area contributed by atoms with Gasteiger partial charge in [-0.2, -0.15) is 4.99 Å². The van der Waals surface area contributed by atoms with E-state index in [4.69, 9.17) is 10.8 Å². The molecule has 1 heterocycles. The molecule has 0 unspecified atom stereocenters. The summed E-state index contributed by atoms with van der Waals surface area (Å²) in [6, 6.07) is 0. The number of amides is 2. The van der Waals surface area contributed by atoms with Crippen molar-refractivity contribution in [1.82, 2.24) is 4.90 Å². The Morgan fingerprint density at radius 2 is 2.40 bits per heavy atom. The van der Waals surface area contributed by atoms with Crippen LogP contribution in [0.25, 0.3) is 0 Å². The molecule has 0 fully saturated rings. The van der Waals surface area contributed by atoms with Crippen LogP contribution in [0.3, 0.4) is 0 Å². The Morgan fingerprint density at radius 1 is 1.80 bits per heavy atom. The molecule has 2 amide bonds. The van der Waals surface area contributed by atoms with Crippen LogP contribution in [-0.4, -0.2) is 34.5 Å². The molecule has 6 nitrogen and oxygen atoms in total. The lowest BCUT2D eigenvalue weighted by Gasteiger charge is -2.07. The average Bonchev–Trinajstić information content (AvgIpc) is 2.10. The summed E-state index contributed by atoms with van der Waals surface area (Å²) in [5.74, 6) is -0.780. The minimum atomic E-state index is -1.26. The van der Waals surface area contributed by atoms with Gasteiger partial charge in [0.1, 0.15) is 6.54 Å². The lowest BCUT2D eigenvalue weighted by Crippen LogP contribution is -2.38. The number of carbonyl (C=O) groups excluding carboxylic acids is 1. The first kappa shape index (κ1) is 6.53. The van der Waals surface area contributed by atoms with E-state index in [1.165, 1.54) is 0 Å². The molecular formula is C4H5N3O3. The van der Waals surface area contributed by atoms with Gasteiger partial charge in [0.05, 0.1) is 0 Å². The highest BCUT2D eigenvalue weighted by Crippen LogP contribution is 1.98. The van der Waals surface area contributed by atoms with Crippen LogP contribution >= 0.6 is 0 Å². The van der Waals surface area contributed by atoms with E-state index in [-0.39, 0.29) is 12.5 Å². The summed E-state index contributed by atoms with van der Waals surface area (Å²) < 4.78 is 0. The zero-order valence-corrected chi connectivity index (χ0v) is 4.94. The molecule has 0 spiro atoms. The van der Waals surface area contributed by atoms with Gasteiger partial charge in [-0.3, -0.25) is 4.79 Å². The predicted molar refractivity (Wildman–Crippen MR) is 31.4 cm³/mol. The first-order chi connectivity index (χ1) is 4.61. The van der Waals surface area contributed by atoms with Crippen molar-refractivity contribution >= 4 is 18.0 Å². The van der Waals surface area contributed by atoms with Crippen LogP contribution < -0.4 is 5.73 Å². The van der Waals surface area contributed by atoms with E-state index >= 15 is 0 Å². The third kappa shape index (κ3) is 0.903. The highest BCUT2D eigenvalue weighted by molar-refractivity contribution is 6.06. The molecule has 10 heavy (non-hydrogen) atoms. The lowest BCUT2D eigenvalue weighted by atomic mass is 10.6. The highest BCUT2D eigenvalue weighted by Gasteiger charge is 2.25. The topological polar surface area (TPSA) is 96.0 Å². The lowest BCUT2D eigenvalue weighted by molar-refractivity contribution is -0.116. The zero-order chi connectivity index (χ0) is 7.72. The van der Waals surface area contributed by atoms with E-state index in [0.717, 1.165) is 0 Å². The maximum Gasteiger partial charge on any atom is 0.414 e. The van der Waals surface area contributed by atoms with Gasteiger partial charge in [-0.1, -0.05) is 0 Å². The molecule has 0 aromatic rings.